The molecule has 0 heterocycles. The van der Waals surface area contributed by atoms with Gasteiger partial charge in [0, 0.05) is 6.54 Å². The first kappa shape index (κ1) is 14.0. The summed E-state index contributed by atoms with van der Waals surface area (Å²) in [6.07, 6.45) is 0. The van der Waals surface area contributed by atoms with Crippen molar-refractivity contribution in [2.24, 2.45) is 0 Å². The number of hydrogen-bond acceptors (Lipinski definition) is 3. The zero-order chi connectivity index (χ0) is 13.0. The summed E-state index contributed by atoms with van der Waals surface area (Å²) in [6, 6.07) is 3.31. The maximum Gasteiger partial charge on any atom is 0.336 e. The maximum atomic E-state index is 11.0. The number of likely N-dealkylation sites (N-methyl/N-ethyl adjacent to an activating group) is 1. The Balaban J connectivity index is 2.84. The Kier molecular flexibility index (Phi) is 4.96. The number of carbonyl (C=O) groups is 1. The first-order chi connectivity index (χ1) is 7.91. The fourth-order valence-corrected chi connectivity index (χ4v) is 1.90. The fourth-order valence-electron chi connectivity index (χ4n) is 1.33. The molecule has 0 aliphatic carbocycles. The maximum absolute atomic E-state index is 11.0. The third-order valence-electron chi connectivity index (χ3n) is 2.31. The minimum atomic E-state index is -0.938. The lowest BCUT2D eigenvalue weighted by atomic mass is 10.1. The van der Waals surface area contributed by atoms with Gasteiger partial charge >= 0.3 is 5.97 Å². The molecule has 1 aromatic carbocycles. The van der Waals surface area contributed by atoms with Crippen LogP contribution in [0.4, 0.5) is 0 Å². The summed E-state index contributed by atoms with van der Waals surface area (Å²) in [6.45, 7) is 3.06. The van der Waals surface area contributed by atoms with Crippen LogP contribution in [0.5, 0.6) is 5.75 Å². The molecule has 5 heteroatoms. The van der Waals surface area contributed by atoms with Gasteiger partial charge in [0.2, 0.25) is 0 Å². The van der Waals surface area contributed by atoms with Crippen LogP contribution in [0.25, 0.3) is 0 Å². The first-order valence-electron chi connectivity index (χ1n) is 5.22. The van der Waals surface area contributed by atoms with Gasteiger partial charge < -0.3 is 14.7 Å². The highest BCUT2D eigenvalue weighted by molar-refractivity contribution is 9.10. The number of carboxylic acid groups (broad SMARTS) is 1. The van der Waals surface area contributed by atoms with Gasteiger partial charge in [0.1, 0.15) is 12.4 Å². The van der Waals surface area contributed by atoms with Crippen molar-refractivity contribution < 1.29 is 14.6 Å². The van der Waals surface area contributed by atoms with Crippen LogP contribution in [0.15, 0.2) is 16.6 Å². The lowest BCUT2D eigenvalue weighted by molar-refractivity contribution is 0.0695. The van der Waals surface area contributed by atoms with Crippen molar-refractivity contribution in [2.75, 3.05) is 27.2 Å². The summed E-state index contributed by atoms with van der Waals surface area (Å²) in [5.74, 6) is -0.373. The molecule has 0 fully saturated rings. The Bertz CT molecular complexity index is 418. The summed E-state index contributed by atoms with van der Waals surface area (Å²) in [4.78, 5) is 13.0. The fraction of sp³-hybridized carbons (Fsp3) is 0.417. The van der Waals surface area contributed by atoms with Crippen molar-refractivity contribution in [2.45, 2.75) is 6.92 Å². The van der Waals surface area contributed by atoms with E-state index in [9.17, 15) is 4.79 Å². The number of nitrogens with zero attached hydrogens (tertiary/aromatic N) is 1. The Labute approximate surface area is 109 Å². The van der Waals surface area contributed by atoms with Crippen molar-refractivity contribution >= 4 is 21.9 Å². The largest absolute Gasteiger partial charge is 0.491 e. The molecule has 94 valence electrons. The lowest BCUT2D eigenvalue weighted by Gasteiger charge is -2.13. The van der Waals surface area contributed by atoms with Crippen molar-refractivity contribution in [3.05, 3.63) is 27.7 Å². The van der Waals surface area contributed by atoms with Crippen LogP contribution in [0.2, 0.25) is 0 Å². The zero-order valence-corrected chi connectivity index (χ0v) is 11.7. The Morgan fingerprint density at radius 1 is 1.47 bits per heavy atom. The van der Waals surface area contributed by atoms with Crippen LogP contribution in [0.1, 0.15) is 15.9 Å². The monoisotopic (exact) mass is 301 g/mol. The minimum Gasteiger partial charge on any atom is -0.491 e. The lowest BCUT2D eigenvalue weighted by Crippen LogP contribution is -2.19. The third-order valence-corrected chi connectivity index (χ3v) is 2.93. The normalized spacial score (nSPS) is 10.6. The molecule has 1 rings (SSSR count). The molecule has 0 atom stereocenters. The molecule has 0 saturated heterocycles. The topological polar surface area (TPSA) is 49.8 Å². The van der Waals surface area contributed by atoms with Crippen molar-refractivity contribution in [3.63, 3.8) is 0 Å². The van der Waals surface area contributed by atoms with Crippen LogP contribution < -0.4 is 4.74 Å². The molecule has 0 aromatic heterocycles. The zero-order valence-electron chi connectivity index (χ0n) is 10.2. The number of hydrogen-bond donors (Lipinski definition) is 1. The SMILES string of the molecule is Cc1cc(Br)c(OCCN(C)C)cc1C(=O)O. The molecule has 0 radical (unpaired) electrons. The molecule has 1 N–H and O–H groups in total. The second-order valence-corrected chi connectivity index (χ2v) is 4.91. The highest BCUT2D eigenvalue weighted by Crippen LogP contribution is 2.28. The first-order valence-corrected chi connectivity index (χ1v) is 6.02. The van der Waals surface area contributed by atoms with Crippen LogP contribution in [-0.2, 0) is 0 Å². The third kappa shape index (κ3) is 4.02. The van der Waals surface area contributed by atoms with E-state index in [-0.39, 0.29) is 5.56 Å². The molecule has 0 aliphatic rings. The van der Waals surface area contributed by atoms with E-state index >= 15 is 0 Å². The number of halogens is 1. The Hall–Kier alpha value is -1.07. The number of aryl methyl sites for hydroxylation is 1. The van der Waals surface area contributed by atoms with Crippen molar-refractivity contribution in [1.29, 1.82) is 0 Å². The number of benzene rings is 1. The van der Waals surface area contributed by atoms with E-state index in [1.807, 2.05) is 19.0 Å². The van der Waals surface area contributed by atoms with Gasteiger partial charge in [-0.2, -0.15) is 0 Å². The van der Waals surface area contributed by atoms with E-state index in [0.29, 0.717) is 17.9 Å². The van der Waals surface area contributed by atoms with Crippen LogP contribution in [-0.4, -0.2) is 43.2 Å². The number of rotatable bonds is 5. The summed E-state index contributed by atoms with van der Waals surface area (Å²) in [5, 5.41) is 9.02. The van der Waals surface area contributed by atoms with Gasteiger partial charge in [-0.25, -0.2) is 4.79 Å². The van der Waals surface area contributed by atoms with E-state index in [0.717, 1.165) is 11.0 Å². The van der Waals surface area contributed by atoms with Gasteiger partial charge in [-0.3, -0.25) is 0 Å². The van der Waals surface area contributed by atoms with Gasteiger partial charge in [-0.05, 0) is 54.6 Å². The second kappa shape index (κ2) is 6.02. The molecular formula is C12H16BrNO3. The molecular weight excluding hydrogens is 286 g/mol. The number of aromatic carboxylic acids is 1. The predicted octanol–water partition coefficient (Wildman–Crippen LogP) is 2.40. The highest BCUT2D eigenvalue weighted by atomic mass is 79.9. The second-order valence-electron chi connectivity index (χ2n) is 4.05. The van der Waals surface area contributed by atoms with E-state index in [4.69, 9.17) is 9.84 Å². The molecule has 4 nitrogen and oxygen atoms in total. The van der Waals surface area contributed by atoms with Gasteiger partial charge in [0.15, 0.2) is 0 Å². The van der Waals surface area contributed by atoms with Crippen LogP contribution >= 0.6 is 15.9 Å². The van der Waals surface area contributed by atoms with Gasteiger partial charge in [0.05, 0.1) is 10.0 Å². The highest BCUT2D eigenvalue weighted by Gasteiger charge is 2.12. The summed E-state index contributed by atoms with van der Waals surface area (Å²) in [5.41, 5.74) is 0.984. The Morgan fingerprint density at radius 2 is 2.12 bits per heavy atom. The van der Waals surface area contributed by atoms with Crippen molar-refractivity contribution in [1.82, 2.24) is 4.90 Å². The van der Waals surface area contributed by atoms with E-state index in [1.54, 1.807) is 19.1 Å². The van der Waals surface area contributed by atoms with E-state index in [2.05, 4.69) is 15.9 Å². The Morgan fingerprint density at radius 3 is 2.65 bits per heavy atom. The number of ether oxygens (including phenoxy) is 1. The van der Waals surface area contributed by atoms with Crippen molar-refractivity contribution in [3.8, 4) is 5.75 Å². The molecule has 0 spiro atoms. The summed E-state index contributed by atoms with van der Waals surface area (Å²) >= 11 is 3.37. The predicted molar refractivity (Wildman–Crippen MR) is 69.9 cm³/mol. The molecule has 0 saturated carbocycles. The van der Waals surface area contributed by atoms with Crippen LogP contribution in [0.3, 0.4) is 0 Å². The molecule has 0 bridgehead atoms. The average Bonchev–Trinajstić information content (AvgIpc) is 2.20. The molecule has 0 unspecified atom stereocenters. The number of carboxylic acids is 1. The average molecular weight is 302 g/mol. The summed E-state index contributed by atoms with van der Waals surface area (Å²) < 4.78 is 6.32. The molecule has 0 amide bonds. The van der Waals surface area contributed by atoms with E-state index in [1.165, 1.54) is 0 Å². The molecule has 1 aromatic rings. The molecule has 0 aliphatic heterocycles. The van der Waals surface area contributed by atoms with Gasteiger partial charge in [-0.15, -0.1) is 0 Å². The quantitative estimate of drug-likeness (QED) is 0.907. The van der Waals surface area contributed by atoms with Gasteiger partial charge in [-0.1, -0.05) is 0 Å². The van der Waals surface area contributed by atoms with Crippen LogP contribution in [0, 0.1) is 6.92 Å². The minimum absolute atomic E-state index is 0.271. The summed E-state index contributed by atoms with van der Waals surface area (Å²) in [7, 11) is 3.91. The standard InChI is InChI=1S/C12H16BrNO3/c1-8-6-10(13)11(7-9(8)12(15)16)17-5-4-14(2)3/h6-7H,4-5H2,1-3H3,(H,15,16). The van der Waals surface area contributed by atoms with E-state index < -0.39 is 5.97 Å². The smallest absolute Gasteiger partial charge is 0.336 e. The molecule has 17 heavy (non-hydrogen) atoms. The van der Waals surface area contributed by atoms with Gasteiger partial charge in [0.25, 0.3) is 0 Å².